The molecule has 0 heterocycles. The van der Waals surface area contributed by atoms with Crippen LogP contribution >= 0.6 is 0 Å². The zero-order valence-electron chi connectivity index (χ0n) is 5.54. The summed E-state index contributed by atoms with van der Waals surface area (Å²) in [5.74, 6) is 0. The number of rotatable bonds is 1. The topological polar surface area (TPSA) is 0 Å². The molecule has 0 amide bonds. The Morgan fingerprint density at radius 2 is 1.67 bits per heavy atom. The molecule has 0 aliphatic rings. The Morgan fingerprint density at radius 3 is 2.00 bits per heavy atom. The molecule has 0 saturated carbocycles. The van der Waals surface area contributed by atoms with Gasteiger partial charge in [0.15, 0.2) is 0 Å². The summed E-state index contributed by atoms with van der Waals surface area (Å²) in [6.07, 6.45) is 1.58. The maximum absolute atomic E-state index is 5.22. The second-order valence-electron chi connectivity index (χ2n) is 1.58. The third kappa shape index (κ3) is 3.33. The van der Waals surface area contributed by atoms with Crippen LogP contribution in [0.15, 0.2) is 30.3 Å². The van der Waals surface area contributed by atoms with Crippen molar-refractivity contribution >= 4 is 6.08 Å². The first-order chi connectivity index (χ1) is 3.93. The first-order valence-corrected chi connectivity index (χ1v) is 2.53. The summed E-state index contributed by atoms with van der Waals surface area (Å²) >= 11 is 0. The molecular formula is C8H7K. The van der Waals surface area contributed by atoms with Gasteiger partial charge in [0.2, 0.25) is 0 Å². The second-order valence-corrected chi connectivity index (χ2v) is 1.58. The van der Waals surface area contributed by atoms with E-state index in [-0.39, 0.29) is 51.4 Å². The van der Waals surface area contributed by atoms with Crippen molar-refractivity contribution in [3.63, 3.8) is 0 Å². The molecule has 0 nitrogen and oxygen atoms in total. The summed E-state index contributed by atoms with van der Waals surface area (Å²) < 4.78 is 0. The van der Waals surface area contributed by atoms with Crippen LogP contribution in [0.1, 0.15) is 5.56 Å². The molecular weight excluding hydrogens is 135 g/mol. The molecule has 0 aliphatic heterocycles. The van der Waals surface area contributed by atoms with Crippen LogP contribution in [0.3, 0.4) is 0 Å². The van der Waals surface area contributed by atoms with Crippen molar-refractivity contribution < 1.29 is 51.4 Å². The Labute approximate surface area is 98.4 Å². The zero-order valence-corrected chi connectivity index (χ0v) is 8.66. The Kier molecular flexibility index (Phi) is 5.74. The van der Waals surface area contributed by atoms with Crippen LogP contribution in [-0.4, -0.2) is 0 Å². The van der Waals surface area contributed by atoms with Gasteiger partial charge in [-0.25, -0.2) is 6.08 Å². The van der Waals surface area contributed by atoms with E-state index in [4.69, 9.17) is 6.58 Å². The average Bonchev–Trinajstić information content (AvgIpc) is 1.90. The fraction of sp³-hybridized carbons (Fsp3) is 0. The molecule has 9 heavy (non-hydrogen) atoms. The molecule has 1 rings (SSSR count). The van der Waals surface area contributed by atoms with E-state index in [0.29, 0.717) is 0 Å². The molecule has 1 aromatic carbocycles. The van der Waals surface area contributed by atoms with Gasteiger partial charge in [-0.15, -0.1) is 12.1 Å². The van der Waals surface area contributed by atoms with Gasteiger partial charge in [0.05, 0.1) is 0 Å². The summed E-state index contributed by atoms with van der Waals surface area (Å²) in [6, 6.07) is 9.80. The maximum atomic E-state index is 5.22. The maximum Gasteiger partial charge on any atom is 1.00 e. The SMILES string of the molecule is [CH-]=Cc1ccccc1.[K+]. The normalized spacial score (nSPS) is 7.56. The Hall–Kier alpha value is 0.596. The second kappa shape index (κ2) is 5.39. The fourth-order valence-corrected chi connectivity index (χ4v) is 0.564. The number of hydrogen-bond donors (Lipinski definition) is 0. The van der Waals surface area contributed by atoms with Crippen LogP contribution in [0.2, 0.25) is 0 Å². The van der Waals surface area contributed by atoms with Crippen molar-refractivity contribution in [1.82, 2.24) is 0 Å². The van der Waals surface area contributed by atoms with Crippen molar-refractivity contribution in [2.75, 3.05) is 0 Å². The molecule has 0 radical (unpaired) electrons. The van der Waals surface area contributed by atoms with Gasteiger partial charge in [-0.2, -0.15) is 5.56 Å². The minimum Gasteiger partial charge on any atom is -0.292 e. The molecule has 0 aliphatic carbocycles. The molecule has 0 bridgehead atoms. The summed E-state index contributed by atoms with van der Waals surface area (Å²) in [5.41, 5.74) is 1.06. The van der Waals surface area contributed by atoms with Crippen LogP contribution in [0.25, 0.3) is 6.08 Å². The van der Waals surface area contributed by atoms with Gasteiger partial charge in [0, 0.05) is 0 Å². The van der Waals surface area contributed by atoms with Crippen LogP contribution in [-0.2, 0) is 0 Å². The predicted octanol–water partition coefficient (Wildman–Crippen LogP) is -0.863. The molecule has 40 valence electrons. The van der Waals surface area contributed by atoms with Crippen molar-refractivity contribution in [3.8, 4) is 0 Å². The molecule has 0 spiro atoms. The van der Waals surface area contributed by atoms with Crippen molar-refractivity contribution in [1.29, 1.82) is 0 Å². The standard InChI is InChI=1S/C8H7.K/c1-2-8-6-4-3-5-7-8;/h1-7H;/q-1;+1. The van der Waals surface area contributed by atoms with Crippen LogP contribution < -0.4 is 51.4 Å². The summed E-state index contributed by atoms with van der Waals surface area (Å²) in [6.45, 7) is 5.22. The Bertz CT molecular complexity index is 167. The summed E-state index contributed by atoms with van der Waals surface area (Å²) in [7, 11) is 0. The van der Waals surface area contributed by atoms with E-state index < -0.39 is 0 Å². The third-order valence-corrected chi connectivity index (χ3v) is 0.992. The van der Waals surface area contributed by atoms with E-state index in [9.17, 15) is 0 Å². The minimum atomic E-state index is 0. The first kappa shape index (κ1) is 9.60. The summed E-state index contributed by atoms with van der Waals surface area (Å²) in [5, 5.41) is 0. The van der Waals surface area contributed by atoms with Gasteiger partial charge < -0.3 is 0 Å². The van der Waals surface area contributed by atoms with Crippen LogP contribution in [0, 0.1) is 6.58 Å². The largest absolute Gasteiger partial charge is 1.00 e. The summed E-state index contributed by atoms with van der Waals surface area (Å²) in [4.78, 5) is 0. The van der Waals surface area contributed by atoms with E-state index >= 15 is 0 Å². The third-order valence-electron chi connectivity index (χ3n) is 0.992. The van der Waals surface area contributed by atoms with Gasteiger partial charge >= 0.3 is 51.4 Å². The van der Waals surface area contributed by atoms with Crippen molar-refractivity contribution in [2.24, 2.45) is 0 Å². The monoisotopic (exact) mass is 142 g/mol. The van der Waals surface area contributed by atoms with Crippen LogP contribution in [0.5, 0.6) is 0 Å². The molecule has 0 atom stereocenters. The van der Waals surface area contributed by atoms with Gasteiger partial charge in [0.25, 0.3) is 0 Å². The van der Waals surface area contributed by atoms with E-state index in [1.807, 2.05) is 30.3 Å². The first-order valence-electron chi connectivity index (χ1n) is 2.53. The quantitative estimate of drug-likeness (QED) is 0.353. The molecule has 0 saturated heterocycles. The minimum absolute atomic E-state index is 0. The van der Waals surface area contributed by atoms with E-state index in [0.717, 1.165) is 5.56 Å². The van der Waals surface area contributed by atoms with Gasteiger partial charge in [0.1, 0.15) is 0 Å². The fourth-order valence-electron chi connectivity index (χ4n) is 0.564. The van der Waals surface area contributed by atoms with Crippen molar-refractivity contribution in [3.05, 3.63) is 42.5 Å². The van der Waals surface area contributed by atoms with Crippen molar-refractivity contribution in [2.45, 2.75) is 0 Å². The van der Waals surface area contributed by atoms with Gasteiger partial charge in [-0.3, -0.25) is 6.58 Å². The van der Waals surface area contributed by atoms with Gasteiger partial charge in [-0.05, 0) is 0 Å². The van der Waals surface area contributed by atoms with Crippen LogP contribution in [0.4, 0.5) is 0 Å². The zero-order chi connectivity index (χ0) is 5.82. The molecule has 0 fully saturated rings. The smallest absolute Gasteiger partial charge is 0.292 e. The van der Waals surface area contributed by atoms with Gasteiger partial charge in [-0.1, -0.05) is 18.2 Å². The van der Waals surface area contributed by atoms with E-state index in [2.05, 4.69) is 0 Å². The van der Waals surface area contributed by atoms with E-state index in [1.165, 1.54) is 0 Å². The molecule has 0 N–H and O–H groups in total. The number of benzene rings is 1. The molecule has 1 heteroatoms. The molecule has 1 aromatic rings. The average molecular weight is 142 g/mol. The Balaban J connectivity index is 0.000000640. The molecule has 0 unspecified atom stereocenters. The predicted molar refractivity (Wildman–Crippen MR) is 35.2 cm³/mol. The molecule has 0 aromatic heterocycles. The Morgan fingerprint density at radius 1 is 1.11 bits per heavy atom. The van der Waals surface area contributed by atoms with E-state index in [1.54, 1.807) is 6.08 Å². The number of hydrogen-bond acceptors (Lipinski definition) is 0.